The van der Waals surface area contributed by atoms with E-state index in [4.69, 9.17) is 30.8 Å². The lowest BCUT2D eigenvalue weighted by atomic mass is 9.88. The van der Waals surface area contributed by atoms with Gasteiger partial charge in [-0.15, -0.1) is 0 Å². The van der Waals surface area contributed by atoms with Crippen molar-refractivity contribution in [2.75, 3.05) is 26.3 Å². The first-order chi connectivity index (χ1) is 20.4. The van der Waals surface area contributed by atoms with E-state index in [-0.39, 0.29) is 18.5 Å². The Labute approximate surface area is 249 Å². The van der Waals surface area contributed by atoms with Crippen LogP contribution in [0.1, 0.15) is 53.8 Å². The summed E-state index contributed by atoms with van der Waals surface area (Å²) in [4.78, 5) is 7.43. The molecule has 0 spiro atoms. The van der Waals surface area contributed by atoms with Crippen LogP contribution in [0.15, 0.2) is 61.2 Å². The van der Waals surface area contributed by atoms with Gasteiger partial charge in [0.1, 0.15) is 24.0 Å². The van der Waals surface area contributed by atoms with E-state index in [1.165, 1.54) is 6.07 Å². The van der Waals surface area contributed by atoms with Crippen LogP contribution in [0.3, 0.4) is 0 Å². The minimum atomic E-state index is -0.525. The summed E-state index contributed by atoms with van der Waals surface area (Å²) in [7, 11) is 0. The molecule has 0 saturated carbocycles. The van der Waals surface area contributed by atoms with Crippen molar-refractivity contribution in [1.29, 1.82) is 0 Å². The average molecular weight is 590 g/mol. The van der Waals surface area contributed by atoms with E-state index in [1.807, 2.05) is 30.3 Å². The Hall–Kier alpha value is -3.59. The Morgan fingerprint density at radius 1 is 1.07 bits per heavy atom. The van der Waals surface area contributed by atoms with Gasteiger partial charge in [0.25, 0.3) is 0 Å². The van der Waals surface area contributed by atoms with Gasteiger partial charge in [0.2, 0.25) is 0 Å². The molecular weight excluding hydrogens is 557 g/mol. The van der Waals surface area contributed by atoms with Crippen LogP contribution in [0.5, 0.6) is 11.5 Å². The molecule has 0 aliphatic carbocycles. The summed E-state index contributed by atoms with van der Waals surface area (Å²) >= 11 is 5.93. The molecule has 218 valence electrons. The standard InChI is InChI=1S/C33H33ClFN3O4/c1-20(39)22-5-8-28-29(15-22)38(17-24-11-14-40-24)32(36-28)18-37-12-9-21(10-13-37)25-3-2-4-30-33(25)41-19-31(42-30)26-7-6-23(34)16-27(26)35/h2-8,15-16,21,24,31,39H,1,9-14,17-19H2/t24-,31?/m0/s1. The molecule has 0 bridgehead atoms. The zero-order valence-electron chi connectivity index (χ0n) is 23.3. The maximum atomic E-state index is 14.5. The first-order valence-corrected chi connectivity index (χ1v) is 14.9. The third-order valence-corrected chi connectivity index (χ3v) is 8.93. The van der Waals surface area contributed by atoms with E-state index in [0.29, 0.717) is 27.8 Å². The Morgan fingerprint density at radius 3 is 2.64 bits per heavy atom. The summed E-state index contributed by atoms with van der Waals surface area (Å²) in [5.74, 6) is 2.43. The highest BCUT2D eigenvalue weighted by atomic mass is 35.5. The Kier molecular flexibility index (Phi) is 7.30. The second-order valence-electron chi connectivity index (χ2n) is 11.4. The zero-order chi connectivity index (χ0) is 28.8. The number of halogens is 2. The highest BCUT2D eigenvalue weighted by molar-refractivity contribution is 6.30. The number of para-hydroxylation sites is 1. The number of aliphatic hydroxyl groups is 1. The number of hydrogen-bond acceptors (Lipinski definition) is 6. The number of aliphatic hydroxyl groups excluding tert-OH is 1. The van der Waals surface area contributed by atoms with Crippen molar-refractivity contribution in [2.45, 2.75) is 50.5 Å². The molecule has 0 amide bonds. The van der Waals surface area contributed by atoms with E-state index < -0.39 is 11.9 Å². The van der Waals surface area contributed by atoms with Gasteiger partial charge in [0, 0.05) is 28.3 Å². The van der Waals surface area contributed by atoms with Crippen molar-refractivity contribution in [3.63, 3.8) is 0 Å². The number of ether oxygens (including phenoxy) is 3. The number of benzene rings is 3. The summed E-state index contributed by atoms with van der Waals surface area (Å²) < 4.78 is 35.0. The fraction of sp³-hybridized carbons (Fsp3) is 0.364. The van der Waals surface area contributed by atoms with E-state index >= 15 is 0 Å². The Morgan fingerprint density at radius 2 is 1.90 bits per heavy atom. The van der Waals surface area contributed by atoms with Gasteiger partial charge in [-0.25, -0.2) is 9.37 Å². The first kappa shape index (κ1) is 27.3. The molecule has 0 radical (unpaired) electrons. The van der Waals surface area contributed by atoms with Gasteiger partial charge in [-0.2, -0.15) is 0 Å². The lowest BCUT2D eigenvalue weighted by molar-refractivity contribution is -0.0592. The van der Waals surface area contributed by atoms with Crippen molar-refractivity contribution in [3.8, 4) is 11.5 Å². The lowest BCUT2D eigenvalue weighted by Crippen LogP contribution is -2.35. The van der Waals surface area contributed by atoms with Crippen LogP contribution in [0.2, 0.25) is 5.02 Å². The highest BCUT2D eigenvalue weighted by Crippen LogP contribution is 2.44. The topological polar surface area (TPSA) is 69.0 Å². The third-order valence-electron chi connectivity index (χ3n) is 8.70. The molecule has 7 rings (SSSR count). The number of rotatable bonds is 7. The average Bonchev–Trinajstić information content (AvgIpc) is 3.30. The van der Waals surface area contributed by atoms with E-state index in [9.17, 15) is 9.50 Å². The summed E-state index contributed by atoms with van der Waals surface area (Å²) in [6, 6.07) is 16.4. The minimum absolute atomic E-state index is 0.0540. The number of nitrogens with zero attached hydrogens (tertiary/aromatic N) is 3. The summed E-state index contributed by atoms with van der Waals surface area (Å²) in [6.07, 6.45) is 2.67. The zero-order valence-corrected chi connectivity index (χ0v) is 24.0. The predicted molar refractivity (Wildman–Crippen MR) is 160 cm³/mol. The Bertz CT molecular complexity index is 1640. The number of piperidine rings is 1. The molecule has 42 heavy (non-hydrogen) atoms. The molecule has 3 aromatic carbocycles. The SMILES string of the molecule is C=C(O)c1ccc2nc(CN3CCC(c4cccc5c4OCC(c4ccc(Cl)cc4F)O5)CC3)n(C[C@@H]3CCO3)c2c1. The number of aromatic nitrogens is 2. The van der Waals surface area contributed by atoms with Gasteiger partial charge < -0.3 is 23.9 Å². The molecule has 1 N–H and O–H groups in total. The largest absolute Gasteiger partial charge is 0.508 e. The number of fused-ring (bicyclic) bond motifs is 2. The quantitative estimate of drug-likeness (QED) is 0.233. The van der Waals surface area contributed by atoms with E-state index in [0.717, 1.165) is 80.2 Å². The second kappa shape index (κ2) is 11.2. The molecule has 9 heteroatoms. The maximum Gasteiger partial charge on any atom is 0.164 e. The molecule has 1 aromatic heterocycles. The van der Waals surface area contributed by atoms with Gasteiger partial charge in [0.15, 0.2) is 17.6 Å². The molecule has 4 aromatic rings. The van der Waals surface area contributed by atoms with Crippen molar-refractivity contribution in [2.24, 2.45) is 0 Å². The minimum Gasteiger partial charge on any atom is -0.508 e. The molecule has 1 unspecified atom stereocenters. The van der Waals surface area contributed by atoms with Crippen LogP contribution in [0, 0.1) is 5.82 Å². The summed E-state index contributed by atoms with van der Waals surface area (Å²) in [5.41, 5.74) is 4.19. The van der Waals surface area contributed by atoms with Crippen LogP contribution in [-0.4, -0.2) is 52.0 Å². The molecule has 4 heterocycles. The molecule has 3 aliphatic rings. The fourth-order valence-electron chi connectivity index (χ4n) is 6.27. The van der Waals surface area contributed by atoms with Gasteiger partial charge in [-0.05, 0) is 74.7 Å². The molecule has 3 aliphatic heterocycles. The fourth-order valence-corrected chi connectivity index (χ4v) is 6.43. The molecule has 2 saturated heterocycles. The van der Waals surface area contributed by atoms with Crippen molar-refractivity contribution < 1.29 is 23.7 Å². The van der Waals surface area contributed by atoms with Crippen LogP contribution in [0.25, 0.3) is 16.8 Å². The van der Waals surface area contributed by atoms with Crippen LogP contribution in [0.4, 0.5) is 4.39 Å². The lowest BCUT2D eigenvalue weighted by Gasteiger charge is -2.35. The number of hydrogen-bond donors (Lipinski definition) is 1. The maximum absolute atomic E-state index is 14.5. The van der Waals surface area contributed by atoms with Crippen molar-refractivity contribution >= 4 is 28.4 Å². The number of likely N-dealkylation sites (tertiary alicyclic amines) is 1. The van der Waals surface area contributed by atoms with Gasteiger partial charge in [-0.3, -0.25) is 4.90 Å². The van der Waals surface area contributed by atoms with E-state index in [2.05, 4.69) is 22.1 Å². The second-order valence-corrected chi connectivity index (χ2v) is 11.8. The molecule has 7 nitrogen and oxygen atoms in total. The monoisotopic (exact) mass is 589 g/mol. The van der Waals surface area contributed by atoms with E-state index in [1.54, 1.807) is 12.1 Å². The van der Waals surface area contributed by atoms with Crippen molar-refractivity contribution in [3.05, 3.63) is 94.5 Å². The Balaban J connectivity index is 1.05. The smallest absolute Gasteiger partial charge is 0.164 e. The van der Waals surface area contributed by atoms with Crippen LogP contribution < -0.4 is 9.47 Å². The van der Waals surface area contributed by atoms with Crippen LogP contribution >= 0.6 is 11.6 Å². The summed E-state index contributed by atoms with van der Waals surface area (Å²) in [5, 5.41) is 10.3. The molecule has 2 atom stereocenters. The molecular formula is C33H33ClFN3O4. The van der Waals surface area contributed by atoms with Crippen molar-refractivity contribution in [1.82, 2.24) is 14.5 Å². The third kappa shape index (κ3) is 5.23. The first-order valence-electron chi connectivity index (χ1n) is 14.5. The summed E-state index contributed by atoms with van der Waals surface area (Å²) in [6.45, 7) is 8.08. The number of imidazole rings is 1. The molecule has 2 fully saturated rings. The predicted octanol–water partition coefficient (Wildman–Crippen LogP) is 7.04. The van der Waals surface area contributed by atoms with Gasteiger partial charge >= 0.3 is 0 Å². The van der Waals surface area contributed by atoms with Gasteiger partial charge in [-0.1, -0.05) is 36.4 Å². The normalized spacial score (nSPS) is 20.9. The highest BCUT2D eigenvalue weighted by Gasteiger charge is 2.31. The van der Waals surface area contributed by atoms with Gasteiger partial charge in [0.05, 0.1) is 30.2 Å². The van der Waals surface area contributed by atoms with Crippen LogP contribution in [-0.2, 0) is 17.8 Å².